The van der Waals surface area contributed by atoms with Gasteiger partial charge in [0.05, 0.1) is 10.2 Å². The highest BCUT2D eigenvalue weighted by molar-refractivity contribution is 7.22. The van der Waals surface area contributed by atoms with Gasteiger partial charge in [0.25, 0.3) is 5.91 Å². The summed E-state index contributed by atoms with van der Waals surface area (Å²) in [5.74, 6) is 0.0163. The van der Waals surface area contributed by atoms with E-state index in [0.717, 1.165) is 33.9 Å². The molecule has 1 aromatic heterocycles. The van der Waals surface area contributed by atoms with Crippen molar-refractivity contribution in [2.24, 2.45) is 0 Å². The maximum atomic E-state index is 13.5. The molecule has 0 spiro atoms. The lowest BCUT2D eigenvalue weighted by molar-refractivity contribution is 0.0986. The van der Waals surface area contributed by atoms with Crippen LogP contribution in [0.2, 0.25) is 0 Å². The van der Waals surface area contributed by atoms with Crippen LogP contribution in [0.4, 0.5) is 5.13 Å². The van der Waals surface area contributed by atoms with E-state index in [1.54, 1.807) is 11.3 Å². The maximum absolute atomic E-state index is 13.5. The smallest absolute Gasteiger partial charge is 0.260 e. The lowest BCUT2D eigenvalue weighted by Crippen LogP contribution is -2.33. The quantitative estimate of drug-likeness (QED) is 0.502. The molecule has 5 heteroatoms. The normalized spacial score (nSPS) is 12.0. The molecule has 0 N–H and O–H groups in total. The van der Waals surface area contributed by atoms with Gasteiger partial charge in [0.15, 0.2) is 5.13 Å². The second kappa shape index (κ2) is 8.86. The number of aromatic nitrogens is 1. The van der Waals surface area contributed by atoms with Crippen molar-refractivity contribution in [2.75, 3.05) is 32.1 Å². The number of hydrogen-bond donors (Lipinski definition) is 0. The second-order valence-electron chi connectivity index (χ2n) is 9.37. The van der Waals surface area contributed by atoms with Gasteiger partial charge in [-0.2, -0.15) is 0 Å². The fourth-order valence-electron chi connectivity index (χ4n) is 3.57. The number of amides is 1. The molecule has 0 atom stereocenters. The van der Waals surface area contributed by atoms with Gasteiger partial charge in [0.2, 0.25) is 0 Å². The third kappa shape index (κ3) is 5.08. The Bertz CT molecular complexity index is 1030. The summed E-state index contributed by atoms with van der Waals surface area (Å²) in [5, 5.41) is 0.780. The molecule has 0 aliphatic heterocycles. The number of fused-ring (bicyclic) bond motifs is 1. The molecule has 0 unspecified atom stereocenters. The number of rotatable bonds is 6. The Morgan fingerprint density at radius 1 is 1.03 bits per heavy atom. The molecule has 0 bridgehead atoms. The van der Waals surface area contributed by atoms with Crippen molar-refractivity contribution in [2.45, 2.75) is 46.5 Å². The number of thiazole rings is 1. The topological polar surface area (TPSA) is 36.4 Å². The number of benzene rings is 2. The van der Waals surface area contributed by atoms with Crippen LogP contribution in [0.3, 0.4) is 0 Å². The van der Waals surface area contributed by atoms with Gasteiger partial charge in [-0.3, -0.25) is 9.69 Å². The highest BCUT2D eigenvalue weighted by atomic mass is 32.1. The van der Waals surface area contributed by atoms with Crippen LogP contribution >= 0.6 is 11.3 Å². The number of aryl methyl sites for hydroxylation is 2. The average molecular weight is 424 g/mol. The highest BCUT2D eigenvalue weighted by Crippen LogP contribution is 2.33. The van der Waals surface area contributed by atoms with Crippen LogP contribution in [0.5, 0.6) is 0 Å². The standard InChI is InChI=1S/C25H33N3OS/c1-17-15-18(2)22-21(16-17)30-24(26-22)28(14-8-13-27(6)7)23(29)19-9-11-20(12-10-19)25(3,4)5/h9-12,15-16H,8,13-14H2,1-7H3. The third-order valence-electron chi connectivity index (χ3n) is 5.28. The summed E-state index contributed by atoms with van der Waals surface area (Å²) in [6, 6.07) is 12.3. The minimum absolute atomic E-state index is 0.0163. The summed E-state index contributed by atoms with van der Waals surface area (Å²) >= 11 is 1.60. The number of anilines is 1. The van der Waals surface area contributed by atoms with Gasteiger partial charge >= 0.3 is 0 Å². The van der Waals surface area contributed by atoms with E-state index in [9.17, 15) is 4.79 Å². The third-order valence-corrected chi connectivity index (χ3v) is 6.30. The molecule has 0 fully saturated rings. The van der Waals surface area contributed by atoms with Crippen LogP contribution in [0.15, 0.2) is 36.4 Å². The first-order valence-corrected chi connectivity index (χ1v) is 11.3. The van der Waals surface area contributed by atoms with E-state index in [0.29, 0.717) is 12.1 Å². The van der Waals surface area contributed by atoms with Crippen molar-refractivity contribution < 1.29 is 4.79 Å². The Labute approximate surface area is 184 Å². The first-order valence-electron chi connectivity index (χ1n) is 10.5. The predicted molar refractivity (Wildman–Crippen MR) is 129 cm³/mol. The molecule has 0 aliphatic carbocycles. The molecule has 0 saturated heterocycles. The van der Waals surface area contributed by atoms with Crippen LogP contribution in [-0.4, -0.2) is 43.0 Å². The van der Waals surface area contributed by atoms with Crippen molar-refractivity contribution in [1.29, 1.82) is 0 Å². The average Bonchev–Trinajstić information content (AvgIpc) is 3.08. The van der Waals surface area contributed by atoms with Crippen LogP contribution in [0.1, 0.15) is 54.2 Å². The molecule has 3 rings (SSSR count). The summed E-state index contributed by atoms with van der Waals surface area (Å²) in [4.78, 5) is 22.4. The van der Waals surface area contributed by atoms with Gasteiger partial charge in [-0.1, -0.05) is 50.3 Å². The van der Waals surface area contributed by atoms with Crippen molar-refractivity contribution in [3.8, 4) is 0 Å². The molecule has 0 saturated carbocycles. The molecular formula is C25H33N3OS. The van der Waals surface area contributed by atoms with E-state index in [1.165, 1.54) is 11.1 Å². The molecular weight excluding hydrogens is 390 g/mol. The summed E-state index contributed by atoms with van der Waals surface area (Å²) < 4.78 is 1.14. The number of hydrogen-bond acceptors (Lipinski definition) is 4. The monoisotopic (exact) mass is 423 g/mol. The zero-order valence-corrected chi connectivity index (χ0v) is 20.1. The molecule has 160 valence electrons. The van der Waals surface area contributed by atoms with Gasteiger partial charge in [-0.25, -0.2) is 4.98 Å². The Morgan fingerprint density at radius 3 is 2.30 bits per heavy atom. The van der Waals surface area contributed by atoms with Gasteiger partial charge < -0.3 is 4.90 Å². The van der Waals surface area contributed by atoms with E-state index >= 15 is 0 Å². The van der Waals surface area contributed by atoms with Gasteiger partial charge in [-0.15, -0.1) is 0 Å². The van der Waals surface area contributed by atoms with Crippen LogP contribution in [-0.2, 0) is 5.41 Å². The molecule has 1 heterocycles. The fourth-order valence-corrected chi connectivity index (χ4v) is 4.74. The molecule has 30 heavy (non-hydrogen) atoms. The summed E-state index contributed by atoms with van der Waals surface area (Å²) in [7, 11) is 4.11. The van der Waals surface area contributed by atoms with Crippen LogP contribution in [0.25, 0.3) is 10.2 Å². The zero-order chi connectivity index (χ0) is 22.1. The number of nitrogens with zero attached hydrogens (tertiary/aromatic N) is 3. The molecule has 1 amide bonds. The molecule has 3 aromatic rings. The van der Waals surface area contributed by atoms with E-state index in [-0.39, 0.29) is 11.3 Å². The molecule has 4 nitrogen and oxygen atoms in total. The fraction of sp³-hybridized carbons (Fsp3) is 0.440. The minimum atomic E-state index is 0.0163. The van der Waals surface area contributed by atoms with Crippen molar-refractivity contribution >= 4 is 32.6 Å². The molecule has 0 radical (unpaired) electrons. The Kier molecular flexibility index (Phi) is 6.63. The molecule has 0 aliphatic rings. The maximum Gasteiger partial charge on any atom is 0.260 e. The van der Waals surface area contributed by atoms with Crippen LogP contribution in [0, 0.1) is 13.8 Å². The number of carbonyl (C=O) groups excluding carboxylic acids is 1. The van der Waals surface area contributed by atoms with Crippen molar-refractivity contribution in [3.63, 3.8) is 0 Å². The van der Waals surface area contributed by atoms with Crippen molar-refractivity contribution in [1.82, 2.24) is 9.88 Å². The minimum Gasteiger partial charge on any atom is -0.309 e. The Hall–Kier alpha value is -2.24. The largest absolute Gasteiger partial charge is 0.309 e. The van der Waals surface area contributed by atoms with E-state index in [2.05, 4.69) is 77.9 Å². The second-order valence-corrected chi connectivity index (χ2v) is 10.4. The van der Waals surface area contributed by atoms with E-state index in [4.69, 9.17) is 4.98 Å². The predicted octanol–water partition coefficient (Wildman–Crippen LogP) is 5.81. The van der Waals surface area contributed by atoms with Gasteiger partial charge in [0, 0.05) is 12.1 Å². The van der Waals surface area contributed by atoms with E-state index < -0.39 is 0 Å². The zero-order valence-electron chi connectivity index (χ0n) is 19.2. The Morgan fingerprint density at radius 2 is 1.70 bits per heavy atom. The van der Waals surface area contributed by atoms with E-state index in [1.807, 2.05) is 17.0 Å². The molecule has 2 aromatic carbocycles. The van der Waals surface area contributed by atoms with Crippen molar-refractivity contribution in [3.05, 3.63) is 58.7 Å². The van der Waals surface area contributed by atoms with Gasteiger partial charge in [0.1, 0.15) is 0 Å². The Balaban J connectivity index is 1.96. The first kappa shape index (κ1) is 22.4. The van der Waals surface area contributed by atoms with Crippen LogP contribution < -0.4 is 4.90 Å². The van der Waals surface area contributed by atoms with Gasteiger partial charge in [-0.05, 0) is 81.2 Å². The summed E-state index contributed by atoms with van der Waals surface area (Å²) in [6.45, 7) is 12.3. The first-order chi connectivity index (χ1) is 14.1. The highest BCUT2D eigenvalue weighted by Gasteiger charge is 2.22. The lowest BCUT2D eigenvalue weighted by atomic mass is 9.86. The lowest BCUT2D eigenvalue weighted by Gasteiger charge is -2.22. The summed E-state index contributed by atoms with van der Waals surface area (Å²) in [5.41, 5.74) is 5.37. The number of carbonyl (C=O) groups is 1. The SMILES string of the molecule is Cc1cc(C)c2nc(N(CCCN(C)C)C(=O)c3ccc(C(C)(C)C)cc3)sc2c1. The summed E-state index contributed by atoms with van der Waals surface area (Å²) in [6.07, 6.45) is 0.896.